The number of nitrogens with two attached hydrogens (primary N) is 1. The van der Waals surface area contributed by atoms with Crippen molar-refractivity contribution < 1.29 is 39.3 Å². The first kappa shape index (κ1) is 22.3. The van der Waals surface area contributed by atoms with Gasteiger partial charge in [0.25, 0.3) is 0 Å². The number of hydrogen-bond acceptors (Lipinski definition) is 7. The highest BCUT2D eigenvalue weighted by atomic mass is 16.4. The molecule has 0 aromatic heterocycles. The maximum Gasteiger partial charge on any atom is 0.325 e. The molecule has 4 atom stereocenters. The van der Waals surface area contributed by atoms with Crippen LogP contribution in [0.25, 0.3) is 0 Å². The van der Waals surface area contributed by atoms with Gasteiger partial charge in [-0.05, 0) is 13.8 Å². The van der Waals surface area contributed by atoms with E-state index in [2.05, 4.69) is 16.0 Å². The third-order valence-electron chi connectivity index (χ3n) is 3.03. The minimum Gasteiger partial charge on any atom is -0.481 e. The van der Waals surface area contributed by atoms with Crippen LogP contribution >= 0.6 is 0 Å². The Kier molecular flexibility index (Phi) is 9.09. The second-order valence-corrected chi connectivity index (χ2v) is 5.25. The number of aliphatic hydroxyl groups is 1. The van der Waals surface area contributed by atoms with Gasteiger partial charge < -0.3 is 37.0 Å². The molecule has 0 rings (SSSR count). The molecule has 0 aliphatic carbocycles. The van der Waals surface area contributed by atoms with Crippen LogP contribution < -0.4 is 21.7 Å². The molecular weight excluding hydrogens is 340 g/mol. The standard InChI is InChI=1S/C13H22N4O8/c1-5(10(21)16-6(2)13(24)25)15-12(23)8(3-9(19)20)17-11(22)7(14)4-18/h5-8,18H,3-4,14H2,1-2H3,(H,15,23)(H,16,21)(H,17,22)(H,19,20)(H,24,25)/t5-,6-,7-,8-/m0/s1. The smallest absolute Gasteiger partial charge is 0.325 e. The summed E-state index contributed by atoms with van der Waals surface area (Å²) in [6.07, 6.45) is -0.782. The van der Waals surface area contributed by atoms with Crippen LogP contribution in [0.2, 0.25) is 0 Å². The van der Waals surface area contributed by atoms with Gasteiger partial charge in [0.05, 0.1) is 13.0 Å². The molecule has 8 N–H and O–H groups in total. The molecular formula is C13H22N4O8. The molecule has 0 radical (unpaired) electrons. The first-order chi connectivity index (χ1) is 11.5. The van der Waals surface area contributed by atoms with E-state index in [1.807, 2.05) is 0 Å². The largest absolute Gasteiger partial charge is 0.481 e. The predicted molar refractivity (Wildman–Crippen MR) is 82.1 cm³/mol. The molecule has 0 heterocycles. The molecule has 0 saturated heterocycles. The lowest BCUT2D eigenvalue weighted by atomic mass is 10.1. The SMILES string of the molecule is C[C@H](NC(=O)[C@H](C)NC(=O)[C@H](CC(=O)O)NC(=O)[C@@H](N)CO)C(=O)O. The van der Waals surface area contributed by atoms with Crippen LogP contribution in [0, 0.1) is 0 Å². The van der Waals surface area contributed by atoms with Crippen molar-refractivity contribution in [1.29, 1.82) is 0 Å². The Morgan fingerprint density at radius 1 is 0.880 bits per heavy atom. The molecule has 0 aromatic carbocycles. The van der Waals surface area contributed by atoms with Gasteiger partial charge in [0.15, 0.2) is 0 Å². The molecule has 12 nitrogen and oxygen atoms in total. The minimum atomic E-state index is -1.53. The lowest BCUT2D eigenvalue weighted by Gasteiger charge is -2.21. The maximum atomic E-state index is 12.1. The van der Waals surface area contributed by atoms with E-state index in [9.17, 15) is 24.0 Å². The number of carbonyl (C=O) groups is 5. The Morgan fingerprint density at radius 2 is 1.40 bits per heavy atom. The van der Waals surface area contributed by atoms with Gasteiger partial charge in [0.1, 0.15) is 24.2 Å². The quantitative estimate of drug-likeness (QED) is 0.204. The molecule has 3 amide bonds. The third kappa shape index (κ3) is 8.08. The average Bonchev–Trinajstić information content (AvgIpc) is 2.52. The minimum absolute atomic E-state index is 0.709. The summed E-state index contributed by atoms with van der Waals surface area (Å²) >= 11 is 0. The van der Waals surface area contributed by atoms with E-state index in [4.69, 9.17) is 21.1 Å². The van der Waals surface area contributed by atoms with Crippen LogP contribution in [0.4, 0.5) is 0 Å². The van der Waals surface area contributed by atoms with E-state index in [0.717, 1.165) is 0 Å². The van der Waals surface area contributed by atoms with Gasteiger partial charge in [0, 0.05) is 0 Å². The van der Waals surface area contributed by atoms with Crippen molar-refractivity contribution in [3.8, 4) is 0 Å². The number of amides is 3. The van der Waals surface area contributed by atoms with Crippen molar-refractivity contribution in [2.24, 2.45) is 5.73 Å². The number of rotatable bonds is 10. The van der Waals surface area contributed by atoms with Crippen LogP contribution in [-0.2, 0) is 24.0 Å². The molecule has 0 unspecified atom stereocenters. The second-order valence-electron chi connectivity index (χ2n) is 5.25. The molecule has 0 bridgehead atoms. The van der Waals surface area contributed by atoms with E-state index in [-0.39, 0.29) is 0 Å². The molecule has 12 heteroatoms. The van der Waals surface area contributed by atoms with Gasteiger partial charge in [0.2, 0.25) is 17.7 Å². The summed E-state index contributed by atoms with van der Waals surface area (Å²) in [7, 11) is 0. The monoisotopic (exact) mass is 362 g/mol. The Hall–Kier alpha value is -2.73. The third-order valence-corrected chi connectivity index (χ3v) is 3.03. The van der Waals surface area contributed by atoms with Crippen LogP contribution in [0.3, 0.4) is 0 Å². The summed E-state index contributed by atoms with van der Waals surface area (Å²) in [5, 5.41) is 32.6. The highest BCUT2D eigenvalue weighted by molar-refractivity contribution is 5.95. The Bertz CT molecular complexity index is 538. The fourth-order valence-electron chi connectivity index (χ4n) is 1.53. The van der Waals surface area contributed by atoms with E-state index < -0.39 is 66.9 Å². The van der Waals surface area contributed by atoms with Crippen molar-refractivity contribution in [3.63, 3.8) is 0 Å². The van der Waals surface area contributed by atoms with Crippen molar-refractivity contribution in [2.45, 2.75) is 44.4 Å². The molecule has 0 aliphatic heterocycles. The molecule has 25 heavy (non-hydrogen) atoms. The number of nitrogens with one attached hydrogen (secondary N) is 3. The Morgan fingerprint density at radius 3 is 1.84 bits per heavy atom. The lowest BCUT2D eigenvalue weighted by molar-refractivity contribution is -0.142. The zero-order chi connectivity index (χ0) is 19.7. The van der Waals surface area contributed by atoms with E-state index in [1.165, 1.54) is 13.8 Å². The Balaban J connectivity index is 4.90. The van der Waals surface area contributed by atoms with E-state index in [1.54, 1.807) is 0 Å². The van der Waals surface area contributed by atoms with Crippen molar-refractivity contribution in [2.75, 3.05) is 6.61 Å². The number of aliphatic hydroxyl groups excluding tert-OH is 1. The zero-order valence-corrected chi connectivity index (χ0v) is 13.7. The van der Waals surface area contributed by atoms with Gasteiger partial charge in [-0.15, -0.1) is 0 Å². The Labute approximate surface area is 142 Å². The summed E-state index contributed by atoms with van der Waals surface area (Å²) in [5.41, 5.74) is 5.27. The molecule has 0 fully saturated rings. The van der Waals surface area contributed by atoms with Crippen molar-refractivity contribution in [3.05, 3.63) is 0 Å². The topological polar surface area (TPSA) is 208 Å². The lowest BCUT2D eigenvalue weighted by Crippen LogP contribution is -2.56. The highest BCUT2D eigenvalue weighted by Gasteiger charge is 2.28. The molecule has 142 valence electrons. The number of aliphatic carboxylic acids is 2. The zero-order valence-electron chi connectivity index (χ0n) is 13.7. The van der Waals surface area contributed by atoms with Crippen molar-refractivity contribution in [1.82, 2.24) is 16.0 Å². The first-order valence-corrected chi connectivity index (χ1v) is 7.21. The summed E-state index contributed by atoms with van der Waals surface area (Å²) in [6.45, 7) is 1.76. The van der Waals surface area contributed by atoms with Crippen molar-refractivity contribution >= 4 is 29.7 Å². The number of carboxylic acids is 2. The maximum absolute atomic E-state index is 12.1. The molecule has 0 spiro atoms. The second kappa shape index (κ2) is 10.2. The molecule has 0 aliphatic rings. The van der Waals surface area contributed by atoms with Gasteiger partial charge in [-0.1, -0.05) is 0 Å². The van der Waals surface area contributed by atoms with Gasteiger partial charge in [-0.25, -0.2) is 0 Å². The summed E-state index contributed by atoms with van der Waals surface area (Å²) < 4.78 is 0. The average molecular weight is 362 g/mol. The summed E-state index contributed by atoms with van der Waals surface area (Å²) in [5.74, 6) is -5.40. The van der Waals surface area contributed by atoms with Gasteiger partial charge in [-0.2, -0.15) is 0 Å². The van der Waals surface area contributed by atoms with Crippen LogP contribution in [0.15, 0.2) is 0 Å². The normalized spacial score (nSPS) is 15.2. The van der Waals surface area contributed by atoms with Gasteiger partial charge in [-0.3, -0.25) is 24.0 Å². The fraction of sp³-hybridized carbons (Fsp3) is 0.615. The predicted octanol–water partition coefficient (Wildman–Crippen LogP) is -3.64. The molecule has 0 saturated carbocycles. The van der Waals surface area contributed by atoms with Crippen LogP contribution in [-0.4, -0.2) is 75.8 Å². The fourth-order valence-corrected chi connectivity index (χ4v) is 1.53. The van der Waals surface area contributed by atoms with Crippen LogP contribution in [0.5, 0.6) is 0 Å². The van der Waals surface area contributed by atoms with E-state index in [0.29, 0.717) is 0 Å². The highest BCUT2D eigenvalue weighted by Crippen LogP contribution is 1.97. The summed E-state index contributed by atoms with van der Waals surface area (Å²) in [6, 6.07) is -5.26. The first-order valence-electron chi connectivity index (χ1n) is 7.21. The summed E-state index contributed by atoms with van der Waals surface area (Å²) in [4.78, 5) is 56.9. The number of carboxylic acid groups (broad SMARTS) is 2. The molecule has 0 aromatic rings. The van der Waals surface area contributed by atoms with Gasteiger partial charge >= 0.3 is 11.9 Å². The van der Waals surface area contributed by atoms with Crippen LogP contribution in [0.1, 0.15) is 20.3 Å². The number of hydrogen-bond donors (Lipinski definition) is 7. The number of carbonyl (C=O) groups excluding carboxylic acids is 3. The van der Waals surface area contributed by atoms with E-state index >= 15 is 0 Å².